The summed E-state index contributed by atoms with van der Waals surface area (Å²) in [5.41, 5.74) is 3.63. The Kier molecular flexibility index (Phi) is 4.26. The number of benzene rings is 2. The lowest BCUT2D eigenvalue weighted by Crippen LogP contribution is -2.17. The maximum atomic E-state index is 10.8. The Morgan fingerprint density at radius 1 is 1.19 bits per heavy atom. The first kappa shape index (κ1) is 14.2. The zero-order valence-corrected chi connectivity index (χ0v) is 12.5. The molecule has 0 aromatic heterocycles. The van der Waals surface area contributed by atoms with Crippen molar-refractivity contribution in [2.75, 3.05) is 6.61 Å². The van der Waals surface area contributed by atoms with Crippen LogP contribution in [0.25, 0.3) is 0 Å². The minimum Gasteiger partial charge on any atom is -0.494 e. The van der Waals surface area contributed by atoms with Crippen LogP contribution in [0.2, 0.25) is 0 Å². The average Bonchev–Trinajstić information content (AvgIpc) is 2.54. The maximum Gasteiger partial charge on any atom is 0.119 e. The summed E-state index contributed by atoms with van der Waals surface area (Å²) in [6.45, 7) is 2.62. The molecule has 2 nitrogen and oxygen atoms in total. The van der Waals surface area contributed by atoms with Crippen LogP contribution < -0.4 is 4.74 Å². The van der Waals surface area contributed by atoms with Crippen molar-refractivity contribution in [3.05, 3.63) is 65.2 Å². The van der Waals surface area contributed by atoms with E-state index >= 15 is 0 Å². The Labute approximate surface area is 126 Å². The Balaban J connectivity index is 1.89. The minimum absolute atomic E-state index is 0.187. The Hall–Kier alpha value is -1.80. The predicted molar refractivity (Wildman–Crippen MR) is 84.7 cm³/mol. The molecule has 2 heteroatoms. The molecule has 1 aliphatic rings. The predicted octanol–water partition coefficient (Wildman–Crippen LogP) is 4.24. The highest BCUT2D eigenvalue weighted by molar-refractivity contribution is 5.37. The molecule has 21 heavy (non-hydrogen) atoms. The number of hydrogen-bond donors (Lipinski definition) is 1. The highest BCUT2D eigenvalue weighted by Gasteiger charge is 2.27. The van der Waals surface area contributed by atoms with Gasteiger partial charge in [-0.1, -0.05) is 36.4 Å². The molecular formula is C19H22O2. The van der Waals surface area contributed by atoms with E-state index in [1.54, 1.807) is 0 Å². The van der Waals surface area contributed by atoms with Crippen molar-refractivity contribution in [2.45, 2.75) is 38.2 Å². The van der Waals surface area contributed by atoms with Gasteiger partial charge >= 0.3 is 0 Å². The lowest BCUT2D eigenvalue weighted by molar-refractivity contribution is 0.135. The summed E-state index contributed by atoms with van der Waals surface area (Å²) in [7, 11) is 0. The molecule has 3 rings (SSSR count). The number of ether oxygens (including phenoxy) is 1. The van der Waals surface area contributed by atoms with Crippen LogP contribution >= 0.6 is 0 Å². The molecule has 0 heterocycles. The third-order valence-corrected chi connectivity index (χ3v) is 4.31. The Morgan fingerprint density at radius 2 is 2.05 bits per heavy atom. The molecule has 2 aromatic rings. The van der Waals surface area contributed by atoms with Gasteiger partial charge in [0.25, 0.3) is 0 Å². The van der Waals surface area contributed by atoms with Crippen LogP contribution in [0.3, 0.4) is 0 Å². The molecule has 0 amide bonds. The molecule has 0 saturated carbocycles. The summed E-state index contributed by atoms with van der Waals surface area (Å²) < 4.78 is 5.54. The second-order valence-electron chi connectivity index (χ2n) is 5.65. The van der Waals surface area contributed by atoms with Crippen molar-refractivity contribution < 1.29 is 9.84 Å². The van der Waals surface area contributed by atoms with Gasteiger partial charge in [0.1, 0.15) is 5.75 Å². The van der Waals surface area contributed by atoms with Gasteiger partial charge < -0.3 is 9.84 Å². The van der Waals surface area contributed by atoms with E-state index in [0.717, 1.165) is 30.6 Å². The minimum atomic E-state index is -0.466. The van der Waals surface area contributed by atoms with Crippen molar-refractivity contribution in [3.63, 3.8) is 0 Å². The van der Waals surface area contributed by atoms with Crippen molar-refractivity contribution in [1.82, 2.24) is 0 Å². The molecule has 0 saturated heterocycles. The second kappa shape index (κ2) is 6.31. The van der Waals surface area contributed by atoms with Gasteiger partial charge in [-0.25, -0.2) is 0 Å². The molecule has 110 valence electrons. The number of rotatable bonds is 4. The largest absolute Gasteiger partial charge is 0.494 e. The van der Waals surface area contributed by atoms with Crippen LogP contribution in [-0.4, -0.2) is 11.7 Å². The van der Waals surface area contributed by atoms with Gasteiger partial charge in [0, 0.05) is 5.92 Å². The van der Waals surface area contributed by atoms with Gasteiger partial charge in [0.2, 0.25) is 0 Å². The van der Waals surface area contributed by atoms with Gasteiger partial charge in [-0.15, -0.1) is 0 Å². The first-order valence-electron chi connectivity index (χ1n) is 7.78. The van der Waals surface area contributed by atoms with E-state index in [9.17, 15) is 5.11 Å². The fraction of sp³-hybridized carbons (Fsp3) is 0.368. The van der Waals surface area contributed by atoms with E-state index < -0.39 is 6.10 Å². The van der Waals surface area contributed by atoms with E-state index in [4.69, 9.17) is 4.74 Å². The Bertz CT molecular complexity index is 606. The summed E-state index contributed by atoms with van der Waals surface area (Å²) in [6, 6.07) is 16.4. The van der Waals surface area contributed by atoms with Crippen LogP contribution in [0.4, 0.5) is 0 Å². The fourth-order valence-electron chi connectivity index (χ4n) is 3.31. The third-order valence-electron chi connectivity index (χ3n) is 4.31. The first-order chi connectivity index (χ1) is 10.3. The zero-order valence-electron chi connectivity index (χ0n) is 12.5. The summed E-state index contributed by atoms with van der Waals surface area (Å²) in [6.07, 6.45) is 2.84. The number of aliphatic hydroxyl groups excluding tert-OH is 1. The van der Waals surface area contributed by atoms with Crippen LogP contribution in [-0.2, 0) is 6.42 Å². The van der Waals surface area contributed by atoms with E-state index in [0.29, 0.717) is 6.61 Å². The standard InChI is InChI=1S/C19H22O2/c1-2-21-16-10-5-9-15(13-16)19(20)18-12-6-8-14-7-3-4-11-17(14)18/h3-5,7,9-11,13,18-20H,2,6,8,12H2,1H3. The average molecular weight is 282 g/mol. The van der Waals surface area contributed by atoms with Gasteiger partial charge in [-0.05, 0) is 55.0 Å². The van der Waals surface area contributed by atoms with E-state index in [1.807, 2.05) is 31.2 Å². The molecule has 1 aliphatic carbocycles. The van der Waals surface area contributed by atoms with Gasteiger partial charge in [0.05, 0.1) is 12.7 Å². The van der Waals surface area contributed by atoms with Crippen molar-refractivity contribution in [2.24, 2.45) is 0 Å². The number of aliphatic hydroxyl groups is 1. The quantitative estimate of drug-likeness (QED) is 0.909. The number of fused-ring (bicyclic) bond motifs is 1. The molecule has 2 aromatic carbocycles. The van der Waals surface area contributed by atoms with Crippen molar-refractivity contribution >= 4 is 0 Å². The number of hydrogen-bond acceptors (Lipinski definition) is 2. The maximum absolute atomic E-state index is 10.8. The topological polar surface area (TPSA) is 29.5 Å². The van der Waals surface area contributed by atoms with Crippen LogP contribution in [0.1, 0.15) is 48.5 Å². The molecule has 2 atom stereocenters. The summed E-state index contributed by atoms with van der Waals surface area (Å²) in [5.74, 6) is 1.02. The van der Waals surface area contributed by atoms with Crippen LogP contribution in [0, 0.1) is 0 Å². The Morgan fingerprint density at radius 3 is 2.90 bits per heavy atom. The summed E-state index contributed by atoms with van der Waals surface area (Å²) >= 11 is 0. The van der Waals surface area contributed by atoms with Crippen molar-refractivity contribution in [1.29, 1.82) is 0 Å². The molecule has 0 spiro atoms. The van der Waals surface area contributed by atoms with E-state index in [1.165, 1.54) is 11.1 Å². The van der Waals surface area contributed by atoms with Crippen LogP contribution in [0.15, 0.2) is 48.5 Å². The normalized spacial score (nSPS) is 18.9. The SMILES string of the molecule is CCOc1cccc(C(O)C2CCCc3ccccc32)c1. The third kappa shape index (κ3) is 2.96. The van der Waals surface area contributed by atoms with Gasteiger partial charge in [0.15, 0.2) is 0 Å². The summed E-state index contributed by atoms with van der Waals surface area (Å²) in [4.78, 5) is 0. The van der Waals surface area contributed by atoms with Gasteiger partial charge in [-0.2, -0.15) is 0 Å². The molecule has 0 aliphatic heterocycles. The van der Waals surface area contributed by atoms with E-state index in [-0.39, 0.29) is 5.92 Å². The molecule has 2 unspecified atom stereocenters. The zero-order chi connectivity index (χ0) is 14.7. The number of aryl methyl sites for hydroxylation is 1. The molecule has 0 radical (unpaired) electrons. The highest BCUT2D eigenvalue weighted by atomic mass is 16.5. The molecule has 0 bridgehead atoms. The summed E-state index contributed by atoms with van der Waals surface area (Å²) in [5, 5.41) is 10.8. The first-order valence-corrected chi connectivity index (χ1v) is 7.78. The van der Waals surface area contributed by atoms with E-state index in [2.05, 4.69) is 24.3 Å². The molecule has 1 N–H and O–H groups in total. The monoisotopic (exact) mass is 282 g/mol. The highest BCUT2D eigenvalue weighted by Crippen LogP contribution is 2.40. The lowest BCUT2D eigenvalue weighted by atomic mass is 9.78. The molecular weight excluding hydrogens is 260 g/mol. The van der Waals surface area contributed by atoms with Crippen LogP contribution in [0.5, 0.6) is 5.75 Å². The second-order valence-corrected chi connectivity index (χ2v) is 5.65. The fourth-order valence-corrected chi connectivity index (χ4v) is 3.31. The smallest absolute Gasteiger partial charge is 0.119 e. The lowest BCUT2D eigenvalue weighted by Gasteiger charge is -2.29. The van der Waals surface area contributed by atoms with Gasteiger partial charge in [-0.3, -0.25) is 0 Å². The van der Waals surface area contributed by atoms with Crippen molar-refractivity contribution in [3.8, 4) is 5.75 Å². The molecule has 0 fully saturated rings.